The van der Waals surface area contributed by atoms with E-state index in [1.807, 2.05) is 0 Å². The SMILES string of the molecule is CS(=O)(=O)CC(=O)N1CCCC(C(=O)NCC2CC2)(n2ccnc2)C1. The molecule has 138 valence electrons. The van der Waals surface area contributed by atoms with Crippen molar-refractivity contribution in [3.63, 3.8) is 0 Å². The van der Waals surface area contributed by atoms with Gasteiger partial charge >= 0.3 is 0 Å². The van der Waals surface area contributed by atoms with Crippen LogP contribution in [0.4, 0.5) is 0 Å². The van der Waals surface area contributed by atoms with Crippen LogP contribution < -0.4 is 5.32 Å². The molecule has 3 rings (SSSR count). The first-order valence-corrected chi connectivity index (χ1v) is 10.6. The summed E-state index contributed by atoms with van der Waals surface area (Å²) in [5.41, 5.74) is -0.934. The predicted octanol–water partition coefficient (Wildman–Crippen LogP) is -0.228. The van der Waals surface area contributed by atoms with E-state index < -0.39 is 27.0 Å². The van der Waals surface area contributed by atoms with E-state index in [4.69, 9.17) is 0 Å². The number of hydrogen-bond acceptors (Lipinski definition) is 5. The highest BCUT2D eigenvalue weighted by Gasteiger charge is 2.45. The van der Waals surface area contributed by atoms with E-state index in [9.17, 15) is 18.0 Å². The van der Waals surface area contributed by atoms with Crippen LogP contribution in [0.15, 0.2) is 18.7 Å². The molecule has 1 unspecified atom stereocenters. The predicted molar refractivity (Wildman–Crippen MR) is 91.5 cm³/mol. The summed E-state index contributed by atoms with van der Waals surface area (Å²) in [5.74, 6) is -0.567. The van der Waals surface area contributed by atoms with Crippen LogP contribution in [-0.4, -0.2) is 66.3 Å². The summed E-state index contributed by atoms with van der Waals surface area (Å²) in [5, 5.41) is 3.01. The van der Waals surface area contributed by atoms with Gasteiger partial charge in [-0.15, -0.1) is 0 Å². The fourth-order valence-electron chi connectivity index (χ4n) is 3.31. The Labute approximate surface area is 147 Å². The summed E-state index contributed by atoms with van der Waals surface area (Å²) in [6.45, 7) is 1.27. The number of piperidine rings is 1. The molecule has 1 saturated carbocycles. The monoisotopic (exact) mass is 368 g/mol. The molecule has 1 aromatic heterocycles. The number of aromatic nitrogens is 2. The van der Waals surface area contributed by atoms with Crippen molar-refractivity contribution >= 4 is 21.7 Å². The number of nitrogens with one attached hydrogen (secondary N) is 1. The van der Waals surface area contributed by atoms with Crippen LogP contribution in [0.2, 0.25) is 0 Å². The summed E-state index contributed by atoms with van der Waals surface area (Å²) >= 11 is 0. The van der Waals surface area contributed by atoms with E-state index in [0.717, 1.165) is 19.1 Å². The minimum Gasteiger partial charge on any atom is -0.354 e. The second kappa shape index (κ2) is 6.78. The quantitative estimate of drug-likeness (QED) is 0.747. The van der Waals surface area contributed by atoms with E-state index >= 15 is 0 Å². The molecule has 25 heavy (non-hydrogen) atoms. The zero-order valence-corrected chi connectivity index (χ0v) is 15.2. The third-order valence-electron chi connectivity index (χ3n) is 4.88. The van der Waals surface area contributed by atoms with Gasteiger partial charge in [0.1, 0.15) is 11.3 Å². The molecule has 2 fully saturated rings. The maximum Gasteiger partial charge on any atom is 0.248 e. The summed E-state index contributed by atoms with van der Waals surface area (Å²) in [7, 11) is -3.41. The maximum absolute atomic E-state index is 13.0. The molecule has 1 saturated heterocycles. The van der Waals surface area contributed by atoms with Gasteiger partial charge in [-0.1, -0.05) is 0 Å². The number of nitrogens with zero attached hydrogens (tertiary/aromatic N) is 3. The van der Waals surface area contributed by atoms with Crippen molar-refractivity contribution in [1.82, 2.24) is 19.8 Å². The number of sulfone groups is 1. The van der Waals surface area contributed by atoms with E-state index in [1.165, 1.54) is 4.90 Å². The van der Waals surface area contributed by atoms with E-state index in [-0.39, 0.29) is 12.5 Å². The smallest absolute Gasteiger partial charge is 0.248 e. The van der Waals surface area contributed by atoms with Crippen LogP contribution in [0.1, 0.15) is 25.7 Å². The van der Waals surface area contributed by atoms with Crippen LogP contribution in [-0.2, 0) is 25.0 Å². The van der Waals surface area contributed by atoms with Gasteiger partial charge in [0, 0.05) is 31.7 Å². The molecule has 1 atom stereocenters. The minimum atomic E-state index is -3.41. The Hall–Kier alpha value is -1.90. The van der Waals surface area contributed by atoms with Crippen LogP contribution in [0.5, 0.6) is 0 Å². The number of carbonyl (C=O) groups excluding carboxylic acids is 2. The van der Waals surface area contributed by atoms with Gasteiger partial charge in [0.15, 0.2) is 9.84 Å². The lowest BCUT2D eigenvalue weighted by molar-refractivity contribution is -0.139. The standard InChI is InChI=1S/C16H24N4O4S/c1-25(23,24)10-14(21)19-7-2-5-16(11-19,20-8-6-17-12-20)15(22)18-9-13-3-4-13/h6,8,12-13H,2-5,7,9-11H2,1H3,(H,18,22). The number of imidazole rings is 1. The molecule has 0 radical (unpaired) electrons. The molecule has 0 aromatic carbocycles. The Bertz CT molecular complexity index is 742. The van der Waals surface area contributed by atoms with Gasteiger partial charge in [-0.25, -0.2) is 13.4 Å². The van der Waals surface area contributed by atoms with Gasteiger partial charge in [0.2, 0.25) is 11.8 Å². The molecule has 2 aliphatic rings. The van der Waals surface area contributed by atoms with Crippen LogP contribution >= 0.6 is 0 Å². The molecule has 2 amide bonds. The molecule has 1 aliphatic carbocycles. The topological polar surface area (TPSA) is 101 Å². The Morgan fingerprint density at radius 2 is 2.12 bits per heavy atom. The molecular formula is C16H24N4O4S. The third kappa shape index (κ3) is 4.20. The van der Waals surface area contributed by atoms with Crippen molar-refractivity contribution < 1.29 is 18.0 Å². The van der Waals surface area contributed by atoms with E-state index in [1.54, 1.807) is 23.3 Å². The Morgan fingerprint density at radius 1 is 1.36 bits per heavy atom. The Kier molecular flexibility index (Phi) is 4.86. The lowest BCUT2D eigenvalue weighted by atomic mass is 9.87. The van der Waals surface area contributed by atoms with Crippen LogP contribution in [0.25, 0.3) is 0 Å². The van der Waals surface area contributed by atoms with E-state index in [0.29, 0.717) is 31.8 Å². The van der Waals surface area contributed by atoms with Crippen molar-refractivity contribution in [3.05, 3.63) is 18.7 Å². The van der Waals surface area contributed by atoms with Gasteiger partial charge in [-0.2, -0.15) is 0 Å². The first kappa shape index (κ1) is 17.9. The van der Waals surface area contributed by atoms with Gasteiger partial charge < -0.3 is 14.8 Å². The highest BCUT2D eigenvalue weighted by atomic mass is 32.2. The number of hydrogen-bond donors (Lipinski definition) is 1. The zero-order chi connectivity index (χ0) is 18.1. The summed E-state index contributed by atoms with van der Waals surface area (Å²) in [6.07, 6.45) is 9.44. The fourth-order valence-corrected chi connectivity index (χ4v) is 3.95. The van der Waals surface area contributed by atoms with Crippen LogP contribution in [0.3, 0.4) is 0 Å². The molecule has 1 aromatic rings. The fraction of sp³-hybridized carbons (Fsp3) is 0.688. The molecule has 0 spiro atoms. The van der Waals surface area contributed by atoms with Crippen molar-refractivity contribution in [2.24, 2.45) is 5.92 Å². The lowest BCUT2D eigenvalue weighted by Crippen LogP contribution is -2.59. The number of likely N-dealkylation sites (tertiary alicyclic amines) is 1. The largest absolute Gasteiger partial charge is 0.354 e. The summed E-state index contributed by atoms with van der Waals surface area (Å²) in [6, 6.07) is 0. The minimum absolute atomic E-state index is 0.130. The summed E-state index contributed by atoms with van der Waals surface area (Å²) < 4.78 is 24.6. The number of rotatable bonds is 6. The Balaban J connectivity index is 1.81. The average molecular weight is 368 g/mol. The van der Waals surface area contributed by atoms with Crippen LogP contribution in [0, 0.1) is 5.92 Å². The summed E-state index contributed by atoms with van der Waals surface area (Å²) in [4.78, 5) is 30.9. The maximum atomic E-state index is 13.0. The molecule has 0 bridgehead atoms. The number of amides is 2. The van der Waals surface area contributed by atoms with Crippen molar-refractivity contribution in [2.75, 3.05) is 31.6 Å². The molecular weight excluding hydrogens is 344 g/mol. The zero-order valence-electron chi connectivity index (χ0n) is 14.3. The molecule has 2 heterocycles. The molecule has 1 aliphatic heterocycles. The lowest BCUT2D eigenvalue weighted by Gasteiger charge is -2.42. The molecule has 9 heteroatoms. The second-order valence-corrected chi connectivity index (χ2v) is 9.28. The third-order valence-corrected chi connectivity index (χ3v) is 5.65. The normalized spacial score (nSPS) is 24.1. The van der Waals surface area contributed by atoms with Gasteiger partial charge in [-0.05, 0) is 31.6 Å². The van der Waals surface area contributed by atoms with Gasteiger partial charge in [-0.3, -0.25) is 9.59 Å². The number of carbonyl (C=O) groups is 2. The van der Waals surface area contributed by atoms with Crippen molar-refractivity contribution in [2.45, 2.75) is 31.2 Å². The van der Waals surface area contributed by atoms with E-state index in [2.05, 4.69) is 10.3 Å². The van der Waals surface area contributed by atoms with Gasteiger partial charge in [0.05, 0.1) is 12.9 Å². The average Bonchev–Trinajstić information content (AvgIpc) is 3.21. The van der Waals surface area contributed by atoms with Crippen molar-refractivity contribution in [3.8, 4) is 0 Å². The second-order valence-electron chi connectivity index (χ2n) is 7.14. The molecule has 8 nitrogen and oxygen atoms in total. The van der Waals surface area contributed by atoms with Crippen molar-refractivity contribution in [1.29, 1.82) is 0 Å². The molecule has 1 N–H and O–H groups in total. The highest BCUT2D eigenvalue weighted by molar-refractivity contribution is 7.91. The van der Waals surface area contributed by atoms with Gasteiger partial charge in [0.25, 0.3) is 0 Å². The first-order chi connectivity index (χ1) is 11.8. The Morgan fingerprint density at radius 3 is 2.72 bits per heavy atom. The first-order valence-electron chi connectivity index (χ1n) is 8.52. The highest BCUT2D eigenvalue weighted by Crippen LogP contribution is 2.31.